The number of aliphatic hydroxyl groups is 1. The predicted octanol–water partition coefficient (Wildman–Crippen LogP) is 2.08. The maximum atomic E-state index is 13.1. The molecule has 8 heteroatoms. The highest BCUT2D eigenvalue weighted by atomic mass is 16.3. The van der Waals surface area contributed by atoms with Crippen LogP contribution in [0.15, 0.2) is 36.5 Å². The Hall–Kier alpha value is -3.00. The van der Waals surface area contributed by atoms with E-state index in [9.17, 15) is 9.90 Å². The highest BCUT2D eigenvalue weighted by Gasteiger charge is 2.24. The van der Waals surface area contributed by atoms with Crippen LogP contribution in [0.25, 0.3) is 5.65 Å². The predicted molar refractivity (Wildman–Crippen MR) is 110 cm³/mol. The third kappa shape index (κ3) is 3.80. The van der Waals surface area contributed by atoms with Crippen LogP contribution in [0.1, 0.15) is 41.8 Å². The summed E-state index contributed by atoms with van der Waals surface area (Å²) in [5.41, 5.74) is 2.17. The zero-order valence-electron chi connectivity index (χ0n) is 17.0. The molecule has 1 saturated heterocycles. The molecule has 1 unspecified atom stereocenters. The van der Waals surface area contributed by atoms with Crippen molar-refractivity contribution in [2.24, 2.45) is 5.92 Å². The average molecular weight is 394 g/mol. The van der Waals surface area contributed by atoms with Gasteiger partial charge in [0.2, 0.25) is 0 Å². The van der Waals surface area contributed by atoms with Gasteiger partial charge in [-0.1, -0.05) is 19.9 Å². The largest absolute Gasteiger partial charge is 0.385 e. The first kappa shape index (κ1) is 19.3. The molecule has 4 heterocycles. The summed E-state index contributed by atoms with van der Waals surface area (Å²) in [6.07, 6.45) is 0.994. The van der Waals surface area contributed by atoms with Crippen molar-refractivity contribution in [2.75, 3.05) is 31.1 Å². The average Bonchev–Trinajstić information content (AvgIpc) is 3.16. The molecule has 1 aliphatic rings. The Labute approximate surface area is 169 Å². The molecule has 0 spiro atoms. The molecule has 1 aliphatic heterocycles. The lowest BCUT2D eigenvalue weighted by molar-refractivity contribution is 0.0745. The molecule has 1 amide bonds. The highest BCUT2D eigenvalue weighted by molar-refractivity contribution is 5.94. The first-order chi connectivity index (χ1) is 13.9. The van der Waals surface area contributed by atoms with Gasteiger partial charge in [-0.2, -0.15) is 0 Å². The number of hydrogen-bond acceptors (Lipinski definition) is 6. The van der Waals surface area contributed by atoms with E-state index < -0.39 is 6.10 Å². The second-order valence-corrected chi connectivity index (χ2v) is 7.81. The summed E-state index contributed by atoms with van der Waals surface area (Å²) in [7, 11) is 0. The number of piperazine rings is 1. The van der Waals surface area contributed by atoms with E-state index >= 15 is 0 Å². The standard InChI is InChI=1S/C21H26N6O2/c1-14(2)19(28)20-24-23-18-8-7-16(13-27(18)20)21(29)26-11-9-25(10-12-26)17-6-4-5-15(3)22-17/h4-8,13-14,19,28H,9-12H2,1-3H3. The Morgan fingerprint density at radius 2 is 1.83 bits per heavy atom. The van der Waals surface area contributed by atoms with E-state index in [4.69, 9.17) is 0 Å². The number of nitrogens with zero attached hydrogens (tertiary/aromatic N) is 6. The number of anilines is 1. The third-order valence-corrected chi connectivity index (χ3v) is 5.34. The van der Waals surface area contributed by atoms with Crippen LogP contribution in [0.4, 0.5) is 5.82 Å². The molecule has 29 heavy (non-hydrogen) atoms. The molecule has 3 aromatic heterocycles. The summed E-state index contributed by atoms with van der Waals surface area (Å²) < 4.78 is 1.71. The fourth-order valence-electron chi connectivity index (χ4n) is 3.56. The van der Waals surface area contributed by atoms with E-state index in [0.29, 0.717) is 30.1 Å². The van der Waals surface area contributed by atoms with Gasteiger partial charge in [-0.3, -0.25) is 9.20 Å². The van der Waals surface area contributed by atoms with Crippen molar-refractivity contribution in [2.45, 2.75) is 26.9 Å². The summed E-state index contributed by atoms with van der Waals surface area (Å²) in [4.78, 5) is 21.7. The molecule has 1 fully saturated rings. The van der Waals surface area contributed by atoms with E-state index in [1.54, 1.807) is 22.7 Å². The lowest BCUT2D eigenvalue weighted by atomic mass is 10.1. The number of amides is 1. The van der Waals surface area contributed by atoms with Crippen LogP contribution in [0.2, 0.25) is 0 Å². The van der Waals surface area contributed by atoms with Crippen molar-refractivity contribution in [1.29, 1.82) is 0 Å². The molecule has 0 bridgehead atoms. The number of carbonyl (C=O) groups is 1. The van der Waals surface area contributed by atoms with E-state index in [2.05, 4.69) is 20.1 Å². The van der Waals surface area contributed by atoms with Crippen molar-refractivity contribution in [3.8, 4) is 0 Å². The molecular formula is C21H26N6O2. The van der Waals surface area contributed by atoms with Gasteiger partial charge in [-0.15, -0.1) is 10.2 Å². The van der Waals surface area contributed by atoms with E-state index in [1.807, 2.05) is 43.9 Å². The number of aliphatic hydroxyl groups excluding tert-OH is 1. The molecule has 1 N–H and O–H groups in total. The monoisotopic (exact) mass is 394 g/mol. The van der Waals surface area contributed by atoms with Gasteiger partial charge < -0.3 is 14.9 Å². The summed E-state index contributed by atoms with van der Waals surface area (Å²) in [6.45, 7) is 8.58. The van der Waals surface area contributed by atoms with Crippen LogP contribution in [0.3, 0.4) is 0 Å². The zero-order chi connectivity index (χ0) is 20.5. The highest BCUT2D eigenvalue weighted by Crippen LogP contribution is 2.21. The molecule has 0 radical (unpaired) electrons. The van der Waals surface area contributed by atoms with Gasteiger partial charge in [-0.25, -0.2) is 4.98 Å². The summed E-state index contributed by atoms with van der Waals surface area (Å²) >= 11 is 0. The van der Waals surface area contributed by atoms with E-state index in [1.165, 1.54) is 0 Å². The summed E-state index contributed by atoms with van der Waals surface area (Å²) in [5, 5.41) is 18.6. The first-order valence-corrected chi connectivity index (χ1v) is 9.94. The molecule has 3 aromatic rings. The van der Waals surface area contributed by atoms with Crippen molar-refractivity contribution in [1.82, 2.24) is 24.5 Å². The zero-order valence-corrected chi connectivity index (χ0v) is 17.0. The molecule has 1 atom stereocenters. The number of carbonyl (C=O) groups excluding carboxylic acids is 1. The molecule has 0 saturated carbocycles. The number of pyridine rings is 2. The van der Waals surface area contributed by atoms with Crippen LogP contribution >= 0.6 is 0 Å². The molecular weight excluding hydrogens is 368 g/mol. The summed E-state index contributed by atoms with van der Waals surface area (Å²) in [6, 6.07) is 9.53. The second-order valence-electron chi connectivity index (χ2n) is 7.81. The van der Waals surface area contributed by atoms with Crippen LogP contribution in [-0.2, 0) is 0 Å². The van der Waals surface area contributed by atoms with Crippen LogP contribution in [-0.4, -0.2) is 61.7 Å². The Bertz CT molecular complexity index is 1020. The van der Waals surface area contributed by atoms with Crippen LogP contribution in [0, 0.1) is 12.8 Å². The Kier molecular flexibility index (Phi) is 5.19. The smallest absolute Gasteiger partial charge is 0.255 e. The van der Waals surface area contributed by atoms with Gasteiger partial charge in [0.05, 0.1) is 5.56 Å². The van der Waals surface area contributed by atoms with Crippen molar-refractivity contribution in [3.05, 3.63) is 53.6 Å². The Morgan fingerprint density at radius 1 is 1.07 bits per heavy atom. The van der Waals surface area contributed by atoms with Crippen molar-refractivity contribution in [3.63, 3.8) is 0 Å². The number of fused-ring (bicyclic) bond motifs is 1. The SMILES string of the molecule is Cc1cccc(N2CCN(C(=O)c3ccc4nnc(C(O)C(C)C)n4c3)CC2)n1. The number of aryl methyl sites for hydroxylation is 1. The minimum Gasteiger partial charge on any atom is -0.385 e. The first-order valence-electron chi connectivity index (χ1n) is 9.94. The van der Waals surface area contributed by atoms with Gasteiger partial charge in [0.1, 0.15) is 11.9 Å². The number of hydrogen-bond donors (Lipinski definition) is 1. The van der Waals surface area contributed by atoms with Gasteiger partial charge in [0.25, 0.3) is 5.91 Å². The lowest BCUT2D eigenvalue weighted by Crippen LogP contribution is -2.49. The Balaban J connectivity index is 1.50. The maximum absolute atomic E-state index is 13.1. The van der Waals surface area contributed by atoms with Crippen LogP contribution < -0.4 is 4.90 Å². The molecule has 152 valence electrons. The van der Waals surface area contributed by atoms with E-state index in [0.717, 1.165) is 24.6 Å². The molecule has 4 rings (SSSR count). The molecule has 0 aromatic carbocycles. The second kappa shape index (κ2) is 7.79. The van der Waals surface area contributed by atoms with Crippen molar-refractivity contribution >= 4 is 17.4 Å². The summed E-state index contributed by atoms with van der Waals surface area (Å²) in [5.74, 6) is 1.39. The number of aromatic nitrogens is 4. The topological polar surface area (TPSA) is 86.9 Å². The van der Waals surface area contributed by atoms with Gasteiger partial charge >= 0.3 is 0 Å². The third-order valence-electron chi connectivity index (χ3n) is 5.34. The Morgan fingerprint density at radius 3 is 2.52 bits per heavy atom. The van der Waals surface area contributed by atoms with E-state index in [-0.39, 0.29) is 11.8 Å². The van der Waals surface area contributed by atoms with Crippen LogP contribution in [0.5, 0.6) is 0 Å². The minimum atomic E-state index is -0.735. The molecule has 8 nitrogen and oxygen atoms in total. The maximum Gasteiger partial charge on any atom is 0.255 e. The normalized spacial score (nSPS) is 15.9. The lowest BCUT2D eigenvalue weighted by Gasteiger charge is -2.35. The van der Waals surface area contributed by atoms with Crippen molar-refractivity contribution < 1.29 is 9.90 Å². The fraction of sp³-hybridized carbons (Fsp3) is 0.429. The quantitative estimate of drug-likeness (QED) is 0.729. The van der Waals surface area contributed by atoms with Gasteiger partial charge in [0.15, 0.2) is 11.5 Å². The number of rotatable bonds is 4. The molecule has 0 aliphatic carbocycles. The minimum absolute atomic E-state index is 0.00469. The van der Waals surface area contributed by atoms with Gasteiger partial charge in [-0.05, 0) is 37.1 Å². The van der Waals surface area contributed by atoms with Gasteiger partial charge in [0, 0.05) is 38.1 Å². The fourth-order valence-corrected chi connectivity index (χ4v) is 3.56.